The quantitative estimate of drug-likeness (QED) is 0.250. The zero-order valence-electron chi connectivity index (χ0n) is 17.9. The predicted octanol–water partition coefficient (Wildman–Crippen LogP) is 0.663. The van der Waals surface area contributed by atoms with Crippen molar-refractivity contribution in [1.29, 1.82) is 0 Å². The van der Waals surface area contributed by atoms with Crippen molar-refractivity contribution in [1.82, 2.24) is 10.6 Å². The molecule has 3 atom stereocenters. The summed E-state index contributed by atoms with van der Waals surface area (Å²) in [6.45, 7) is 9.47. The molecule has 0 aromatic rings. The lowest BCUT2D eigenvalue weighted by molar-refractivity contribution is -0.141. The van der Waals surface area contributed by atoms with Gasteiger partial charge in [0.25, 0.3) is 0 Å². The Bertz CT molecular complexity index is 534. The minimum Gasteiger partial charge on any atom is -0.346 e. The molecule has 0 aromatic carbocycles. The van der Waals surface area contributed by atoms with Crippen molar-refractivity contribution in [3.63, 3.8) is 0 Å². The number of carbonyl (C=O) groups excluding carboxylic acids is 4. The van der Waals surface area contributed by atoms with Crippen molar-refractivity contribution in [2.45, 2.75) is 84.8 Å². The third-order valence-corrected chi connectivity index (χ3v) is 4.29. The molecule has 162 valence electrons. The smallest absolute Gasteiger partial charge is 0.237 e. The standard InChI is InChI=1S/C20H38N4O4/c1-12(2)10-15(22)20(28)24-17(11-13(3)4)19(27)18(26)16(23-14(5)25)8-6-7-9-21/h12-13,15-17H,6-11,21-22H2,1-5H3,(H,23,25)(H,24,28)/t15-,16-,17-/m0/s1. The van der Waals surface area contributed by atoms with Crippen molar-refractivity contribution in [3.05, 3.63) is 0 Å². The van der Waals surface area contributed by atoms with Gasteiger partial charge in [-0.1, -0.05) is 27.7 Å². The molecule has 0 spiro atoms. The first-order chi connectivity index (χ1) is 13.0. The number of hydrogen-bond acceptors (Lipinski definition) is 6. The number of ketones is 2. The highest BCUT2D eigenvalue weighted by Crippen LogP contribution is 2.11. The van der Waals surface area contributed by atoms with Crippen LogP contribution in [0.4, 0.5) is 0 Å². The molecular formula is C20H38N4O4. The Balaban J connectivity index is 5.28. The summed E-state index contributed by atoms with van der Waals surface area (Å²) in [6, 6.07) is -2.61. The van der Waals surface area contributed by atoms with E-state index in [9.17, 15) is 19.2 Å². The van der Waals surface area contributed by atoms with Gasteiger partial charge in [-0.05, 0) is 50.5 Å². The van der Waals surface area contributed by atoms with E-state index in [2.05, 4.69) is 10.6 Å². The summed E-state index contributed by atoms with van der Waals surface area (Å²) in [7, 11) is 0. The lowest BCUT2D eigenvalue weighted by Crippen LogP contribution is -2.54. The third kappa shape index (κ3) is 10.5. The van der Waals surface area contributed by atoms with Gasteiger partial charge in [0, 0.05) is 6.92 Å². The Morgan fingerprint density at radius 1 is 0.821 bits per heavy atom. The number of Topliss-reactive ketones (excluding diaryl/α,β-unsaturated/α-hetero) is 2. The van der Waals surface area contributed by atoms with Crippen molar-refractivity contribution < 1.29 is 19.2 Å². The van der Waals surface area contributed by atoms with Crippen molar-refractivity contribution in [2.75, 3.05) is 6.54 Å². The average molecular weight is 399 g/mol. The Kier molecular flexibility index (Phi) is 12.5. The SMILES string of the molecule is CC(=O)N[C@@H](CCCCN)C(=O)C(=O)[C@H](CC(C)C)NC(=O)[C@@H](N)CC(C)C. The second kappa shape index (κ2) is 13.4. The lowest BCUT2D eigenvalue weighted by atomic mass is 9.93. The van der Waals surface area contributed by atoms with Gasteiger partial charge in [-0.15, -0.1) is 0 Å². The molecule has 0 fully saturated rings. The third-order valence-electron chi connectivity index (χ3n) is 4.29. The Morgan fingerprint density at radius 3 is 1.82 bits per heavy atom. The van der Waals surface area contributed by atoms with Crippen LogP contribution in [0.2, 0.25) is 0 Å². The highest BCUT2D eigenvalue weighted by atomic mass is 16.2. The normalized spacial score (nSPS) is 14.5. The minimum atomic E-state index is -0.955. The number of rotatable bonds is 14. The zero-order chi connectivity index (χ0) is 21.9. The second-order valence-corrected chi connectivity index (χ2v) is 8.19. The number of hydrogen-bond donors (Lipinski definition) is 4. The first kappa shape index (κ1) is 26.2. The number of amides is 2. The summed E-state index contributed by atoms with van der Waals surface area (Å²) < 4.78 is 0. The maximum atomic E-state index is 12.8. The van der Waals surface area contributed by atoms with E-state index in [0.717, 1.165) is 0 Å². The first-order valence-electron chi connectivity index (χ1n) is 10.1. The van der Waals surface area contributed by atoms with E-state index in [1.165, 1.54) is 6.92 Å². The molecule has 0 aliphatic rings. The summed E-state index contributed by atoms with van der Waals surface area (Å²) in [5.41, 5.74) is 11.4. The van der Waals surface area contributed by atoms with Crippen LogP contribution in [0.25, 0.3) is 0 Å². The number of nitrogens with one attached hydrogen (secondary N) is 2. The minimum absolute atomic E-state index is 0.0832. The van der Waals surface area contributed by atoms with Gasteiger partial charge in [-0.2, -0.15) is 0 Å². The molecule has 0 heterocycles. The van der Waals surface area contributed by atoms with Crippen LogP contribution in [0.1, 0.15) is 66.7 Å². The van der Waals surface area contributed by atoms with Gasteiger partial charge in [0.15, 0.2) is 0 Å². The van der Waals surface area contributed by atoms with Crippen LogP contribution in [-0.2, 0) is 19.2 Å². The van der Waals surface area contributed by atoms with Gasteiger partial charge in [0.05, 0.1) is 18.1 Å². The van der Waals surface area contributed by atoms with E-state index in [4.69, 9.17) is 11.5 Å². The summed E-state index contributed by atoms with van der Waals surface area (Å²) in [5.74, 6) is -1.92. The van der Waals surface area contributed by atoms with Crippen molar-refractivity contribution >= 4 is 23.4 Å². The fraction of sp³-hybridized carbons (Fsp3) is 0.800. The zero-order valence-corrected chi connectivity index (χ0v) is 17.9. The number of carbonyl (C=O) groups is 4. The summed E-state index contributed by atoms with van der Waals surface area (Å²) in [6.07, 6.45) is 2.43. The van der Waals surface area contributed by atoms with Gasteiger partial charge >= 0.3 is 0 Å². The average Bonchev–Trinajstić information content (AvgIpc) is 2.57. The van der Waals surface area contributed by atoms with Gasteiger partial charge in [-0.25, -0.2) is 0 Å². The second-order valence-electron chi connectivity index (χ2n) is 8.19. The molecule has 0 saturated carbocycles. The van der Waals surface area contributed by atoms with Crippen LogP contribution in [0.3, 0.4) is 0 Å². The molecule has 0 radical (unpaired) electrons. The molecule has 0 aliphatic carbocycles. The molecule has 0 unspecified atom stereocenters. The highest BCUT2D eigenvalue weighted by molar-refractivity contribution is 6.41. The molecule has 0 rings (SSSR count). The van der Waals surface area contributed by atoms with Crippen LogP contribution < -0.4 is 22.1 Å². The van der Waals surface area contributed by atoms with Crippen molar-refractivity contribution in [2.24, 2.45) is 23.3 Å². The van der Waals surface area contributed by atoms with Gasteiger partial charge in [-0.3, -0.25) is 19.2 Å². The molecule has 0 aliphatic heterocycles. The fourth-order valence-electron chi connectivity index (χ4n) is 2.95. The maximum Gasteiger partial charge on any atom is 0.237 e. The molecule has 2 amide bonds. The topological polar surface area (TPSA) is 144 Å². The molecule has 8 heteroatoms. The molecule has 8 nitrogen and oxygen atoms in total. The van der Waals surface area contributed by atoms with Crippen LogP contribution in [0.5, 0.6) is 0 Å². The summed E-state index contributed by atoms with van der Waals surface area (Å²) >= 11 is 0. The molecule has 0 aromatic heterocycles. The largest absolute Gasteiger partial charge is 0.346 e. The molecule has 28 heavy (non-hydrogen) atoms. The van der Waals surface area contributed by atoms with E-state index in [-0.39, 0.29) is 17.7 Å². The summed E-state index contributed by atoms with van der Waals surface area (Å²) in [4.78, 5) is 49.4. The van der Waals surface area contributed by atoms with Gasteiger partial charge in [0.2, 0.25) is 23.4 Å². The van der Waals surface area contributed by atoms with E-state index in [0.29, 0.717) is 38.6 Å². The maximum absolute atomic E-state index is 12.8. The van der Waals surface area contributed by atoms with E-state index >= 15 is 0 Å². The fourth-order valence-corrected chi connectivity index (χ4v) is 2.95. The van der Waals surface area contributed by atoms with Crippen LogP contribution in [0.15, 0.2) is 0 Å². The number of unbranched alkanes of at least 4 members (excludes halogenated alkanes) is 1. The van der Waals surface area contributed by atoms with E-state index < -0.39 is 35.6 Å². The van der Waals surface area contributed by atoms with Crippen LogP contribution >= 0.6 is 0 Å². The van der Waals surface area contributed by atoms with Crippen LogP contribution in [-0.4, -0.2) is 48.1 Å². The van der Waals surface area contributed by atoms with Crippen LogP contribution in [0, 0.1) is 11.8 Å². The Labute approximate surface area is 168 Å². The molecule has 0 saturated heterocycles. The highest BCUT2D eigenvalue weighted by Gasteiger charge is 2.33. The number of nitrogens with two attached hydrogens (primary N) is 2. The monoisotopic (exact) mass is 398 g/mol. The van der Waals surface area contributed by atoms with Gasteiger partial charge in [0.1, 0.15) is 0 Å². The Morgan fingerprint density at radius 2 is 1.36 bits per heavy atom. The predicted molar refractivity (Wildman–Crippen MR) is 109 cm³/mol. The van der Waals surface area contributed by atoms with Crippen molar-refractivity contribution in [3.8, 4) is 0 Å². The molecular weight excluding hydrogens is 360 g/mol. The lowest BCUT2D eigenvalue weighted by Gasteiger charge is -2.24. The van der Waals surface area contributed by atoms with E-state index in [1.54, 1.807) is 0 Å². The first-order valence-corrected chi connectivity index (χ1v) is 10.1. The molecule has 6 N–H and O–H groups in total. The van der Waals surface area contributed by atoms with Gasteiger partial charge < -0.3 is 22.1 Å². The molecule has 0 bridgehead atoms. The Hall–Kier alpha value is -1.80. The summed E-state index contributed by atoms with van der Waals surface area (Å²) in [5, 5.41) is 5.18. The van der Waals surface area contributed by atoms with E-state index in [1.807, 2.05) is 27.7 Å².